The number of hydrogen-bond acceptors (Lipinski definition) is 6. The lowest BCUT2D eigenvalue weighted by molar-refractivity contribution is 0.356. The number of ether oxygens (including phenoxy) is 2. The molecule has 0 aliphatic heterocycles. The Balaban J connectivity index is 2.27. The molecule has 20 heavy (non-hydrogen) atoms. The highest BCUT2D eigenvalue weighted by Crippen LogP contribution is 2.31. The topological polar surface area (TPSA) is 106 Å². The van der Waals surface area contributed by atoms with Gasteiger partial charge >= 0.3 is 0 Å². The molecule has 0 atom stereocenters. The largest absolute Gasteiger partial charge is 0.493 e. The number of H-pyrrole nitrogens is 2. The summed E-state index contributed by atoms with van der Waals surface area (Å²) >= 11 is 0. The number of benzene rings is 1. The lowest BCUT2D eigenvalue weighted by Gasteiger charge is -2.09. The molecular formula is C12H11N5O3. The Morgan fingerprint density at radius 3 is 2.50 bits per heavy atom. The van der Waals surface area contributed by atoms with Crippen molar-refractivity contribution in [1.82, 2.24) is 25.6 Å². The fourth-order valence-corrected chi connectivity index (χ4v) is 1.98. The fraction of sp³-hybridized carbons (Fsp3) is 0.167. The molecule has 3 aromatic rings. The van der Waals surface area contributed by atoms with Crippen LogP contribution in [-0.4, -0.2) is 39.8 Å². The summed E-state index contributed by atoms with van der Waals surface area (Å²) in [7, 11) is 3.09. The van der Waals surface area contributed by atoms with Crippen molar-refractivity contribution in [3.05, 3.63) is 28.6 Å². The van der Waals surface area contributed by atoms with Crippen LogP contribution in [-0.2, 0) is 0 Å². The molecule has 8 nitrogen and oxygen atoms in total. The van der Waals surface area contributed by atoms with Gasteiger partial charge < -0.3 is 14.5 Å². The highest BCUT2D eigenvalue weighted by Gasteiger charge is 2.12. The summed E-state index contributed by atoms with van der Waals surface area (Å²) in [6.07, 6.45) is 0. The number of tetrazole rings is 1. The molecule has 2 aromatic heterocycles. The second kappa shape index (κ2) is 4.65. The van der Waals surface area contributed by atoms with Crippen LogP contribution in [0.3, 0.4) is 0 Å². The first-order valence-electron chi connectivity index (χ1n) is 5.76. The smallest absolute Gasteiger partial charge is 0.259 e. The third-order valence-corrected chi connectivity index (χ3v) is 2.95. The minimum Gasteiger partial charge on any atom is -0.493 e. The van der Waals surface area contributed by atoms with Crippen LogP contribution in [0.5, 0.6) is 11.5 Å². The highest BCUT2D eigenvalue weighted by molar-refractivity contribution is 5.85. The minimum absolute atomic E-state index is 0.289. The van der Waals surface area contributed by atoms with Crippen molar-refractivity contribution in [3.63, 3.8) is 0 Å². The Hall–Kier alpha value is -2.90. The van der Waals surface area contributed by atoms with Crippen LogP contribution in [0.2, 0.25) is 0 Å². The zero-order valence-corrected chi connectivity index (χ0v) is 10.8. The van der Waals surface area contributed by atoms with Gasteiger partial charge in [-0.15, -0.1) is 5.10 Å². The normalized spacial score (nSPS) is 10.7. The predicted molar refractivity (Wildman–Crippen MR) is 70.8 cm³/mol. The Morgan fingerprint density at radius 2 is 1.85 bits per heavy atom. The van der Waals surface area contributed by atoms with Crippen molar-refractivity contribution in [2.24, 2.45) is 0 Å². The summed E-state index contributed by atoms with van der Waals surface area (Å²) in [4.78, 5) is 14.8. The summed E-state index contributed by atoms with van der Waals surface area (Å²) in [5, 5.41) is 14.0. The van der Waals surface area contributed by atoms with Gasteiger partial charge in [-0.25, -0.2) is 5.10 Å². The van der Waals surface area contributed by atoms with Gasteiger partial charge in [0.2, 0.25) is 0 Å². The zero-order valence-electron chi connectivity index (χ0n) is 10.8. The number of rotatable bonds is 3. The van der Waals surface area contributed by atoms with Gasteiger partial charge in [0.25, 0.3) is 5.56 Å². The molecule has 0 bridgehead atoms. The first kappa shape index (κ1) is 12.2. The number of hydrogen-bond donors (Lipinski definition) is 2. The second-order valence-corrected chi connectivity index (χ2v) is 4.06. The average Bonchev–Trinajstić information content (AvgIpc) is 2.99. The lowest BCUT2D eigenvalue weighted by atomic mass is 10.1. The van der Waals surface area contributed by atoms with Crippen molar-refractivity contribution in [1.29, 1.82) is 0 Å². The van der Waals surface area contributed by atoms with E-state index in [0.717, 1.165) is 5.39 Å². The number of aromatic nitrogens is 5. The van der Waals surface area contributed by atoms with Crippen LogP contribution >= 0.6 is 0 Å². The maximum absolute atomic E-state index is 12.0. The average molecular weight is 273 g/mol. The Kier molecular flexibility index (Phi) is 2.82. The summed E-state index contributed by atoms with van der Waals surface area (Å²) in [5.74, 6) is 1.43. The van der Waals surface area contributed by atoms with E-state index in [1.54, 1.807) is 25.3 Å². The number of nitrogens with one attached hydrogen (secondary N) is 2. The number of methoxy groups -OCH3 is 2. The quantitative estimate of drug-likeness (QED) is 0.728. The first-order chi connectivity index (χ1) is 9.72. The van der Waals surface area contributed by atoms with E-state index in [1.165, 1.54) is 7.11 Å². The van der Waals surface area contributed by atoms with Gasteiger partial charge in [0.15, 0.2) is 17.3 Å². The molecule has 0 aliphatic rings. The van der Waals surface area contributed by atoms with Gasteiger partial charge in [0.1, 0.15) is 0 Å². The first-order valence-corrected chi connectivity index (χ1v) is 5.76. The molecule has 2 N–H and O–H groups in total. The van der Waals surface area contributed by atoms with E-state index < -0.39 is 0 Å². The number of fused-ring (bicyclic) bond motifs is 1. The van der Waals surface area contributed by atoms with Crippen LogP contribution in [0, 0.1) is 0 Å². The summed E-state index contributed by atoms with van der Waals surface area (Å²) < 4.78 is 10.4. The molecule has 0 aliphatic carbocycles. The maximum Gasteiger partial charge on any atom is 0.259 e. The molecule has 3 rings (SSSR count). The van der Waals surface area contributed by atoms with Gasteiger partial charge in [-0.05, 0) is 22.6 Å². The van der Waals surface area contributed by atoms with Crippen molar-refractivity contribution in [2.45, 2.75) is 0 Å². The van der Waals surface area contributed by atoms with Crippen LogP contribution in [0.15, 0.2) is 23.0 Å². The predicted octanol–water partition coefficient (Wildman–Crippen LogP) is 0.725. The van der Waals surface area contributed by atoms with Gasteiger partial charge in [0, 0.05) is 11.5 Å². The molecule has 1 aromatic carbocycles. The molecule has 0 spiro atoms. The van der Waals surface area contributed by atoms with Crippen molar-refractivity contribution in [2.75, 3.05) is 14.2 Å². The lowest BCUT2D eigenvalue weighted by Crippen LogP contribution is -2.09. The van der Waals surface area contributed by atoms with E-state index in [-0.39, 0.29) is 5.56 Å². The number of aromatic amines is 2. The minimum atomic E-state index is -0.289. The van der Waals surface area contributed by atoms with Gasteiger partial charge in [-0.1, -0.05) is 0 Å². The fourth-order valence-electron chi connectivity index (χ4n) is 1.98. The Morgan fingerprint density at radius 1 is 1.10 bits per heavy atom. The van der Waals surface area contributed by atoms with Gasteiger partial charge in [-0.2, -0.15) is 0 Å². The van der Waals surface area contributed by atoms with Crippen LogP contribution in [0.4, 0.5) is 0 Å². The van der Waals surface area contributed by atoms with Crippen LogP contribution in [0.25, 0.3) is 22.3 Å². The van der Waals surface area contributed by atoms with Crippen molar-refractivity contribution in [3.8, 4) is 22.9 Å². The molecule has 0 saturated carbocycles. The summed E-state index contributed by atoms with van der Waals surface area (Å²) in [6, 6.07) is 5.17. The van der Waals surface area contributed by atoms with Gasteiger partial charge in [-0.3, -0.25) is 4.79 Å². The molecule has 0 unspecified atom stereocenters. The molecule has 0 fully saturated rings. The van der Waals surface area contributed by atoms with E-state index in [9.17, 15) is 4.79 Å². The van der Waals surface area contributed by atoms with Crippen molar-refractivity contribution < 1.29 is 9.47 Å². The standard InChI is InChI=1S/C12H11N5O3/c1-19-9-4-6-3-7(11-14-16-17-15-11)12(18)13-8(6)5-10(9)20-2/h3-5H,1-2H3,(H,13,18)(H,14,15,16,17). The molecule has 2 heterocycles. The third kappa shape index (κ3) is 1.87. The molecule has 8 heteroatoms. The molecular weight excluding hydrogens is 262 g/mol. The van der Waals surface area contributed by atoms with E-state index in [0.29, 0.717) is 28.4 Å². The summed E-state index contributed by atoms with van der Waals surface area (Å²) in [6.45, 7) is 0. The third-order valence-electron chi connectivity index (χ3n) is 2.95. The van der Waals surface area contributed by atoms with Crippen molar-refractivity contribution >= 4 is 10.9 Å². The Bertz CT molecular complexity index is 810. The molecule has 0 amide bonds. The SMILES string of the molecule is COc1cc2cc(-c3nnn[nH]3)c(=O)[nH]c2cc1OC. The van der Waals surface area contributed by atoms with Gasteiger partial charge in [0.05, 0.1) is 25.3 Å². The van der Waals surface area contributed by atoms with E-state index in [2.05, 4.69) is 25.6 Å². The van der Waals surface area contributed by atoms with E-state index in [4.69, 9.17) is 9.47 Å². The second-order valence-electron chi connectivity index (χ2n) is 4.06. The molecule has 0 radical (unpaired) electrons. The Labute approximate surface area is 112 Å². The zero-order chi connectivity index (χ0) is 14.1. The summed E-state index contributed by atoms with van der Waals surface area (Å²) in [5.41, 5.74) is 0.710. The maximum atomic E-state index is 12.0. The molecule has 0 saturated heterocycles. The van der Waals surface area contributed by atoms with Crippen LogP contribution in [0.1, 0.15) is 0 Å². The van der Waals surface area contributed by atoms with Crippen LogP contribution < -0.4 is 15.0 Å². The number of pyridine rings is 1. The highest BCUT2D eigenvalue weighted by atomic mass is 16.5. The monoisotopic (exact) mass is 273 g/mol. The van der Waals surface area contributed by atoms with E-state index in [1.807, 2.05) is 0 Å². The molecule has 102 valence electrons. The van der Waals surface area contributed by atoms with E-state index >= 15 is 0 Å². The number of nitrogens with zero attached hydrogens (tertiary/aromatic N) is 3.